The van der Waals surface area contributed by atoms with E-state index in [1.54, 1.807) is 6.20 Å². The number of benzene rings is 2. The lowest BCUT2D eigenvalue weighted by atomic mass is 10.2. The van der Waals surface area contributed by atoms with Crippen LogP contribution in [0.25, 0.3) is 11.0 Å². The molecule has 4 nitrogen and oxygen atoms in total. The van der Waals surface area contributed by atoms with Gasteiger partial charge in [0, 0.05) is 18.8 Å². The molecule has 0 aliphatic carbocycles. The van der Waals surface area contributed by atoms with Crippen molar-refractivity contribution >= 4 is 27.5 Å². The largest absolute Gasteiger partial charge is 0.372 e. The van der Waals surface area contributed by atoms with E-state index in [1.807, 2.05) is 42.5 Å². The Balaban J connectivity index is 1.89. The average molecular weight is 339 g/mol. The minimum Gasteiger partial charge on any atom is -0.372 e. The standard InChI is InChI=1S/C19H21N3OS/c1-3-22(4-2)18-12-8-5-9-15(18)14-24(23)19-13-20-16-10-6-7-11-17(16)21-19/h5-13H,3-4,14H2,1-2H3. The van der Waals surface area contributed by atoms with Gasteiger partial charge in [-0.15, -0.1) is 0 Å². The first-order chi connectivity index (χ1) is 11.7. The zero-order valence-corrected chi connectivity index (χ0v) is 14.8. The van der Waals surface area contributed by atoms with Crippen LogP contribution in [0.5, 0.6) is 0 Å². The third kappa shape index (κ3) is 3.46. The molecule has 0 saturated heterocycles. The maximum absolute atomic E-state index is 12.8. The van der Waals surface area contributed by atoms with Crippen molar-refractivity contribution in [2.75, 3.05) is 18.0 Å². The minimum atomic E-state index is -1.22. The van der Waals surface area contributed by atoms with Crippen LogP contribution in [-0.4, -0.2) is 27.3 Å². The van der Waals surface area contributed by atoms with Crippen molar-refractivity contribution in [1.29, 1.82) is 0 Å². The summed E-state index contributed by atoms with van der Waals surface area (Å²) in [6.07, 6.45) is 1.62. The summed E-state index contributed by atoms with van der Waals surface area (Å²) in [5.41, 5.74) is 3.82. The minimum absolute atomic E-state index is 0.444. The third-order valence-corrected chi connectivity index (χ3v) is 5.28. The van der Waals surface area contributed by atoms with Crippen molar-refractivity contribution < 1.29 is 4.21 Å². The topological polar surface area (TPSA) is 46.1 Å². The van der Waals surface area contributed by atoms with E-state index in [1.165, 1.54) is 0 Å². The molecule has 3 rings (SSSR count). The molecule has 0 spiro atoms. The number of rotatable bonds is 6. The molecule has 0 saturated carbocycles. The van der Waals surface area contributed by atoms with Gasteiger partial charge in [0.2, 0.25) is 0 Å². The molecule has 0 bridgehead atoms. The first-order valence-corrected chi connectivity index (χ1v) is 9.47. The smallest absolute Gasteiger partial charge is 0.146 e. The Hall–Kier alpha value is -2.27. The van der Waals surface area contributed by atoms with E-state index in [4.69, 9.17) is 0 Å². The molecule has 5 heteroatoms. The van der Waals surface area contributed by atoms with Gasteiger partial charge in [-0.25, -0.2) is 4.98 Å². The first kappa shape index (κ1) is 16.6. The summed E-state index contributed by atoms with van der Waals surface area (Å²) in [6, 6.07) is 15.8. The van der Waals surface area contributed by atoms with Gasteiger partial charge in [0.05, 0.1) is 33.8 Å². The Bertz CT molecular complexity index is 862. The molecule has 0 aliphatic rings. The first-order valence-electron chi connectivity index (χ1n) is 8.16. The van der Waals surface area contributed by atoms with E-state index in [-0.39, 0.29) is 0 Å². The molecule has 0 fully saturated rings. The Morgan fingerprint density at radius 2 is 1.62 bits per heavy atom. The predicted octanol–water partition coefficient (Wildman–Crippen LogP) is 3.78. The van der Waals surface area contributed by atoms with E-state index >= 15 is 0 Å². The molecule has 0 N–H and O–H groups in total. The summed E-state index contributed by atoms with van der Waals surface area (Å²) in [4.78, 5) is 11.2. The van der Waals surface area contributed by atoms with E-state index in [2.05, 4.69) is 34.8 Å². The van der Waals surface area contributed by atoms with Crippen LogP contribution < -0.4 is 4.90 Å². The van der Waals surface area contributed by atoms with Crippen molar-refractivity contribution in [1.82, 2.24) is 9.97 Å². The molecule has 1 atom stereocenters. The molecule has 1 heterocycles. The van der Waals surface area contributed by atoms with Crippen LogP contribution in [0.3, 0.4) is 0 Å². The summed E-state index contributed by atoms with van der Waals surface area (Å²) in [6.45, 7) is 6.12. The van der Waals surface area contributed by atoms with Gasteiger partial charge in [-0.2, -0.15) is 0 Å². The maximum Gasteiger partial charge on any atom is 0.146 e. The zero-order chi connectivity index (χ0) is 16.9. The summed E-state index contributed by atoms with van der Waals surface area (Å²) >= 11 is 0. The number of aromatic nitrogens is 2. The number of nitrogens with zero attached hydrogens (tertiary/aromatic N) is 3. The van der Waals surface area contributed by atoms with Gasteiger partial charge in [-0.1, -0.05) is 30.3 Å². The van der Waals surface area contributed by atoms with Crippen LogP contribution in [0.2, 0.25) is 0 Å². The van der Waals surface area contributed by atoms with Crippen LogP contribution >= 0.6 is 0 Å². The van der Waals surface area contributed by atoms with Crippen molar-refractivity contribution in [2.24, 2.45) is 0 Å². The average Bonchev–Trinajstić information content (AvgIpc) is 2.63. The van der Waals surface area contributed by atoms with E-state index < -0.39 is 10.8 Å². The number of fused-ring (bicyclic) bond motifs is 1. The molecule has 2 aromatic carbocycles. The molecule has 24 heavy (non-hydrogen) atoms. The second-order valence-electron chi connectivity index (χ2n) is 5.49. The molecule has 124 valence electrons. The number of para-hydroxylation sites is 3. The van der Waals surface area contributed by atoms with Crippen molar-refractivity contribution in [3.8, 4) is 0 Å². The van der Waals surface area contributed by atoms with Crippen molar-refractivity contribution in [2.45, 2.75) is 24.6 Å². The van der Waals surface area contributed by atoms with E-state index in [9.17, 15) is 4.21 Å². The molecule has 0 radical (unpaired) electrons. The third-order valence-electron chi connectivity index (χ3n) is 4.04. The summed E-state index contributed by atoms with van der Waals surface area (Å²) in [5.74, 6) is 0.444. The highest BCUT2D eigenvalue weighted by Crippen LogP contribution is 2.23. The lowest BCUT2D eigenvalue weighted by molar-refractivity contribution is 0.679. The van der Waals surface area contributed by atoms with Crippen LogP contribution in [0.4, 0.5) is 5.69 Å². The molecule has 0 aliphatic heterocycles. The van der Waals surface area contributed by atoms with Gasteiger partial charge < -0.3 is 4.90 Å². The fraction of sp³-hybridized carbons (Fsp3) is 0.263. The van der Waals surface area contributed by atoms with Gasteiger partial charge in [-0.05, 0) is 37.6 Å². The zero-order valence-electron chi connectivity index (χ0n) is 14.0. The highest BCUT2D eigenvalue weighted by Gasteiger charge is 2.13. The summed E-state index contributed by atoms with van der Waals surface area (Å²) in [5, 5.41) is 0.531. The Morgan fingerprint density at radius 1 is 0.958 bits per heavy atom. The van der Waals surface area contributed by atoms with Crippen molar-refractivity contribution in [3.05, 3.63) is 60.3 Å². The van der Waals surface area contributed by atoms with Crippen molar-refractivity contribution in [3.63, 3.8) is 0 Å². The Labute approximate surface area is 145 Å². The number of anilines is 1. The Morgan fingerprint density at radius 3 is 2.38 bits per heavy atom. The lowest BCUT2D eigenvalue weighted by Crippen LogP contribution is -2.23. The molecule has 1 aromatic heterocycles. The second-order valence-corrected chi connectivity index (χ2v) is 6.89. The molecule has 3 aromatic rings. The SMILES string of the molecule is CCN(CC)c1ccccc1CS(=O)c1cnc2ccccc2n1. The number of hydrogen-bond acceptors (Lipinski definition) is 4. The fourth-order valence-corrected chi connectivity index (χ4v) is 3.82. The monoisotopic (exact) mass is 339 g/mol. The normalized spacial score (nSPS) is 12.2. The maximum atomic E-state index is 12.8. The highest BCUT2D eigenvalue weighted by molar-refractivity contribution is 7.84. The van der Waals surface area contributed by atoms with Crippen LogP contribution in [-0.2, 0) is 16.6 Å². The van der Waals surface area contributed by atoms with Gasteiger partial charge >= 0.3 is 0 Å². The summed E-state index contributed by atoms with van der Waals surface area (Å²) in [7, 11) is -1.22. The second kappa shape index (κ2) is 7.53. The highest BCUT2D eigenvalue weighted by atomic mass is 32.2. The number of hydrogen-bond donors (Lipinski definition) is 0. The van der Waals surface area contributed by atoms with Crippen LogP contribution in [0, 0.1) is 0 Å². The van der Waals surface area contributed by atoms with Crippen LogP contribution in [0.15, 0.2) is 59.8 Å². The van der Waals surface area contributed by atoms with Gasteiger partial charge in [0.1, 0.15) is 5.03 Å². The lowest BCUT2D eigenvalue weighted by Gasteiger charge is -2.24. The predicted molar refractivity (Wildman–Crippen MR) is 99.7 cm³/mol. The van der Waals surface area contributed by atoms with E-state index in [0.717, 1.165) is 35.4 Å². The Kier molecular flexibility index (Phi) is 5.20. The summed E-state index contributed by atoms with van der Waals surface area (Å²) < 4.78 is 12.8. The fourth-order valence-electron chi connectivity index (χ4n) is 2.77. The van der Waals surface area contributed by atoms with E-state index in [0.29, 0.717) is 10.8 Å². The molecular weight excluding hydrogens is 318 g/mol. The van der Waals surface area contributed by atoms with Crippen LogP contribution in [0.1, 0.15) is 19.4 Å². The molecular formula is C19H21N3OS. The molecule has 1 unspecified atom stereocenters. The quantitative estimate of drug-likeness (QED) is 0.685. The van der Waals surface area contributed by atoms with Gasteiger partial charge in [0.25, 0.3) is 0 Å². The van der Waals surface area contributed by atoms with Gasteiger partial charge in [-0.3, -0.25) is 9.19 Å². The molecule has 0 amide bonds. The van der Waals surface area contributed by atoms with Gasteiger partial charge in [0.15, 0.2) is 0 Å².